The van der Waals surface area contributed by atoms with Crippen LogP contribution in [-0.2, 0) is 14.4 Å². The Kier molecular flexibility index (Phi) is 10.0. The Balaban J connectivity index is 0. The average Bonchev–Trinajstić information content (AvgIpc) is 2.17. The molecule has 0 aromatic carbocycles. The van der Waals surface area contributed by atoms with E-state index in [1.807, 2.05) is 0 Å². The maximum Gasteiger partial charge on any atom is 0.304 e. The molecule has 0 bridgehead atoms. The molecule has 92 valence electrons. The van der Waals surface area contributed by atoms with Crippen LogP contribution >= 0.6 is 0 Å². The quantitative estimate of drug-likeness (QED) is 0.489. The van der Waals surface area contributed by atoms with Crippen LogP contribution in [0.2, 0.25) is 0 Å². The van der Waals surface area contributed by atoms with E-state index in [1.165, 1.54) is 11.0 Å². The van der Waals surface area contributed by atoms with Crippen molar-refractivity contribution in [3.05, 3.63) is 12.7 Å². The molecule has 0 rings (SSSR count). The molecule has 1 unspecified atom stereocenters. The second-order valence-corrected chi connectivity index (χ2v) is 3.29. The topological polar surface area (TPSA) is 101 Å². The van der Waals surface area contributed by atoms with E-state index in [9.17, 15) is 14.4 Å². The summed E-state index contributed by atoms with van der Waals surface area (Å²) in [6.07, 6.45) is 2.33. The summed E-state index contributed by atoms with van der Waals surface area (Å²) in [5.74, 6) is -2.23. The van der Waals surface area contributed by atoms with Crippen LogP contribution < -0.4 is 5.73 Å². The highest BCUT2D eigenvalue weighted by atomic mass is 16.4. The average molecular weight is 230 g/mol. The van der Waals surface area contributed by atoms with E-state index in [2.05, 4.69) is 6.58 Å². The molecule has 1 atom stereocenters. The Morgan fingerprint density at radius 3 is 2.12 bits per heavy atom. The summed E-state index contributed by atoms with van der Waals surface area (Å²) in [7, 11) is 3.38. The summed E-state index contributed by atoms with van der Waals surface area (Å²) in [5.41, 5.74) is 4.92. The minimum Gasteiger partial charge on any atom is -0.481 e. The van der Waals surface area contributed by atoms with Gasteiger partial charge in [-0.15, -0.1) is 6.58 Å². The number of nitrogens with two attached hydrogens (primary N) is 1. The van der Waals surface area contributed by atoms with E-state index >= 15 is 0 Å². The van der Waals surface area contributed by atoms with Crippen LogP contribution in [0.3, 0.4) is 0 Å². The molecule has 0 aliphatic rings. The van der Waals surface area contributed by atoms with Crippen LogP contribution in [0, 0.1) is 5.92 Å². The van der Waals surface area contributed by atoms with Gasteiger partial charge in [-0.25, -0.2) is 0 Å². The van der Waals surface area contributed by atoms with E-state index in [1.54, 1.807) is 14.1 Å². The Labute approximate surface area is 94.7 Å². The van der Waals surface area contributed by atoms with Gasteiger partial charge in [-0.05, 0) is 6.42 Å². The minimum atomic E-state index is -1.02. The second-order valence-electron chi connectivity index (χ2n) is 3.29. The van der Waals surface area contributed by atoms with Gasteiger partial charge in [0.2, 0.25) is 12.3 Å². The molecule has 0 aromatic heterocycles. The largest absolute Gasteiger partial charge is 0.481 e. The number of nitrogens with zero attached hydrogens (tertiary/aromatic N) is 1. The molecule has 0 fully saturated rings. The van der Waals surface area contributed by atoms with Gasteiger partial charge in [-0.3, -0.25) is 14.4 Å². The summed E-state index contributed by atoms with van der Waals surface area (Å²) >= 11 is 0. The number of hydrogen-bond donors (Lipinski definition) is 2. The third-order valence-electron chi connectivity index (χ3n) is 1.49. The molecular weight excluding hydrogens is 212 g/mol. The predicted octanol–water partition coefficient (Wildman–Crippen LogP) is -0.157. The molecule has 2 amide bonds. The number of carbonyl (C=O) groups excluding carboxylic acids is 2. The fourth-order valence-corrected chi connectivity index (χ4v) is 0.712. The van der Waals surface area contributed by atoms with Crippen molar-refractivity contribution < 1.29 is 19.5 Å². The zero-order chi connectivity index (χ0) is 13.1. The number of carboxylic acids is 1. The first kappa shape index (κ1) is 16.6. The number of primary amides is 1. The Morgan fingerprint density at radius 1 is 1.50 bits per heavy atom. The van der Waals surface area contributed by atoms with E-state index in [-0.39, 0.29) is 6.42 Å². The number of allylic oxidation sites excluding steroid dienone is 1. The Hall–Kier alpha value is -1.85. The zero-order valence-electron chi connectivity index (χ0n) is 9.55. The van der Waals surface area contributed by atoms with Crippen LogP contribution in [0.15, 0.2) is 12.7 Å². The summed E-state index contributed by atoms with van der Waals surface area (Å²) in [6.45, 7) is 3.39. The van der Waals surface area contributed by atoms with Crippen molar-refractivity contribution in [2.75, 3.05) is 14.1 Å². The maximum absolute atomic E-state index is 10.5. The number of carboxylic acid groups (broad SMARTS) is 1. The predicted molar refractivity (Wildman–Crippen MR) is 59.5 cm³/mol. The molecule has 0 spiro atoms. The lowest BCUT2D eigenvalue weighted by Gasteiger charge is -2.05. The first-order valence-electron chi connectivity index (χ1n) is 4.58. The van der Waals surface area contributed by atoms with Crippen molar-refractivity contribution in [3.8, 4) is 0 Å². The fraction of sp³-hybridized carbons (Fsp3) is 0.500. The molecular formula is C10H18N2O4. The highest BCUT2D eigenvalue weighted by Crippen LogP contribution is 2.07. The van der Waals surface area contributed by atoms with Crippen molar-refractivity contribution in [2.24, 2.45) is 11.7 Å². The first-order chi connectivity index (χ1) is 7.34. The lowest BCUT2D eigenvalue weighted by molar-refractivity contribution is -0.140. The molecule has 6 heteroatoms. The normalized spacial score (nSPS) is 10.4. The molecule has 3 N–H and O–H groups in total. The van der Waals surface area contributed by atoms with Crippen LogP contribution in [-0.4, -0.2) is 42.4 Å². The lowest BCUT2D eigenvalue weighted by Crippen LogP contribution is -2.25. The zero-order valence-corrected chi connectivity index (χ0v) is 9.55. The molecule has 0 saturated carbocycles. The number of rotatable bonds is 6. The molecule has 0 aliphatic heterocycles. The summed E-state index contributed by atoms with van der Waals surface area (Å²) < 4.78 is 0. The van der Waals surface area contributed by atoms with Gasteiger partial charge in [-0.1, -0.05) is 6.08 Å². The van der Waals surface area contributed by atoms with Crippen LogP contribution in [0.1, 0.15) is 12.8 Å². The van der Waals surface area contributed by atoms with E-state index in [4.69, 9.17) is 10.8 Å². The molecule has 16 heavy (non-hydrogen) atoms. The van der Waals surface area contributed by atoms with E-state index in [0.29, 0.717) is 6.42 Å². The maximum atomic E-state index is 10.5. The van der Waals surface area contributed by atoms with Gasteiger partial charge >= 0.3 is 5.97 Å². The minimum absolute atomic E-state index is 0.221. The number of amides is 2. The lowest BCUT2D eigenvalue weighted by atomic mass is 10.0. The van der Waals surface area contributed by atoms with Crippen molar-refractivity contribution in [1.82, 2.24) is 4.90 Å². The van der Waals surface area contributed by atoms with E-state index in [0.717, 1.165) is 6.41 Å². The Morgan fingerprint density at radius 2 is 1.94 bits per heavy atom. The highest BCUT2D eigenvalue weighted by molar-refractivity contribution is 5.81. The van der Waals surface area contributed by atoms with Gasteiger partial charge < -0.3 is 15.7 Å². The highest BCUT2D eigenvalue weighted by Gasteiger charge is 2.16. The third-order valence-corrected chi connectivity index (χ3v) is 1.49. The summed E-state index contributed by atoms with van der Waals surface area (Å²) in [4.78, 5) is 31.6. The van der Waals surface area contributed by atoms with Crippen molar-refractivity contribution >= 4 is 18.3 Å². The SMILES string of the molecule is C=CCC(CC(=O)O)C(N)=O.CN(C)C=O. The smallest absolute Gasteiger partial charge is 0.304 e. The number of hydrogen-bond acceptors (Lipinski definition) is 3. The first-order valence-corrected chi connectivity index (χ1v) is 4.58. The summed E-state index contributed by atoms with van der Waals surface area (Å²) in [5, 5.41) is 8.32. The van der Waals surface area contributed by atoms with Crippen molar-refractivity contribution in [2.45, 2.75) is 12.8 Å². The van der Waals surface area contributed by atoms with Gasteiger partial charge in [0.05, 0.1) is 12.3 Å². The molecule has 6 nitrogen and oxygen atoms in total. The van der Waals surface area contributed by atoms with Gasteiger partial charge in [0.1, 0.15) is 0 Å². The summed E-state index contributed by atoms with van der Waals surface area (Å²) in [6, 6.07) is 0. The van der Waals surface area contributed by atoms with E-state index < -0.39 is 17.8 Å². The van der Waals surface area contributed by atoms with Crippen molar-refractivity contribution in [3.63, 3.8) is 0 Å². The fourth-order valence-electron chi connectivity index (χ4n) is 0.712. The van der Waals surface area contributed by atoms with Crippen LogP contribution in [0.25, 0.3) is 0 Å². The number of aliphatic carboxylic acids is 1. The molecule has 0 radical (unpaired) electrons. The molecule has 0 heterocycles. The van der Waals surface area contributed by atoms with Gasteiger partial charge in [0.15, 0.2) is 0 Å². The second kappa shape index (κ2) is 9.70. The molecule has 0 aliphatic carbocycles. The molecule has 0 saturated heterocycles. The van der Waals surface area contributed by atoms with Gasteiger partial charge in [0, 0.05) is 14.1 Å². The van der Waals surface area contributed by atoms with Crippen molar-refractivity contribution in [1.29, 1.82) is 0 Å². The van der Waals surface area contributed by atoms with Crippen LogP contribution in [0.5, 0.6) is 0 Å². The van der Waals surface area contributed by atoms with Gasteiger partial charge in [-0.2, -0.15) is 0 Å². The van der Waals surface area contributed by atoms with Crippen LogP contribution in [0.4, 0.5) is 0 Å². The number of carbonyl (C=O) groups is 3. The molecule has 0 aromatic rings. The van der Waals surface area contributed by atoms with Gasteiger partial charge in [0.25, 0.3) is 0 Å². The Bertz CT molecular complexity index is 251. The monoisotopic (exact) mass is 230 g/mol. The standard InChI is InChI=1S/C7H11NO3.C3H7NO/c1-2-3-5(7(8)11)4-6(9)10;1-4(2)3-5/h2,5H,1,3-4H2,(H2,8,11)(H,9,10);3H,1-2H3. The third kappa shape index (κ3) is 12.2.